The maximum Gasteiger partial charge on any atom is 0.308 e. The molecule has 100 valence electrons. The Morgan fingerprint density at radius 3 is 2.39 bits per heavy atom. The second-order valence-electron chi connectivity index (χ2n) is 5.34. The molecule has 3 nitrogen and oxygen atoms in total. The molecule has 0 spiro atoms. The Labute approximate surface area is 107 Å². The van der Waals surface area contributed by atoms with Gasteiger partial charge in [-0.3, -0.25) is 4.79 Å². The molecule has 1 N–H and O–H groups in total. The lowest BCUT2D eigenvalue weighted by atomic mass is 10.1. The fourth-order valence-electron chi connectivity index (χ4n) is 1.51. The summed E-state index contributed by atoms with van der Waals surface area (Å²) in [4.78, 5) is 11.6. The zero-order valence-corrected chi connectivity index (χ0v) is 11.3. The maximum absolute atomic E-state index is 12.7. The van der Waals surface area contributed by atoms with Crippen molar-refractivity contribution in [2.75, 3.05) is 5.32 Å². The summed E-state index contributed by atoms with van der Waals surface area (Å²) in [6.45, 7) is 7.39. The number of benzene rings is 1. The number of carbonyl (C=O) groups excluding carboxylic acids is 1. The largest absolute Gasteiger partial charge is 0.460 e. The Morgan fingerprint density at radius 1 is 1.33 bits per heavy atom. The van der Waals surface area contributed by atoms with Crippen molar-refractivity contribution in [3.63, 3.8) is 0 Å². The summed E-state index contributed by atoms with van der Waals surface area (Å²) in [5, 5.41) is 3.12. The molecular formula is C14H20FNO2. The van der Waals surface area contributed by atoms with Crippen LogP contribution in [0.4, 0.5) is 10.1 Å². The third kappa shape index (κ3) is 5.66. The van der Waals surface area contributed by atoms with Gasteiger partial charge in [-0.25, -0.2) is 4.39 Å². The van der Waals surface area contributed by atoms with E-state index >= 15 is 0 Å². The van der Waals surface area contributed by atoms with Crippen molar-refractivity contribution >= 4 is 11.7 Å². The van der Waals surface area contributed by atoms with E-state index in [-0.39, 0.29) is 24.2 Å². The molecule has 0 fully saturated rings. The lowest BCUT2D eigenvalue weighted by molar-refractivity contribution is -0.154. The predicted molar refractivity (Wildman–Crippen MR) is 69.9 cm³/mol. The first-order valence-electron chi connectivity index (χ1n) is 6.00. The normalized spacial score (nSPS) is 12.9. The molecule has 0 aromatic heterocycles. The molecule has 1 aromatic rings. The molecule has 0 unspecified atom stereocenters. The summed E-state index contributed by atoms with van der Waals surface area (Å²) in [6, 6.07) is 5.97. The van der Waals surface area contributed by atoms with Gasteiger partial charge in [-0.15, -0.1) is 0 Å². The quantitative estimate of drug-likeness (QED) is 0.836. The highest BCUT2D eigenvalue weighted by atomic mass is 19.1. The molecule has 0 aliphatic rings. The second kappa shape index (κ2) is 5.85. The number of rotatable bonds is 4. The molecule has 1 atom stereocenters. The first-order chi connectivity index (χ1) is 8.26. The third-order valence-electron chi connectivity index (χ3n) is 2.15. The Balaban J connectivity index is 2.44. The molecular weight excluding hydrogens is 233 g/mol. The Bertz CT molecular complexity index is 395. The van der Waals surface area contributed by atoms with E-state index in [9.17, 15) is 9.18 Å². The monoisotopic (exact) mass is 253 g/mol. The zero-order valence-electron chi connectivity index (χ0n) is 11.3. The molecule has 1 rings (SSSR count). The van der Waals surface area contributed by atoms with Crippen LogP contribution in [0.2, 0.25) is 0 Å². The Morgan fingerprint density at radius 2 is 1.89 bits per heavy atom. The highest BCUT2D eigenvalue weighted by Gasteiger charge is 2.18. The highest BCUT2D eigenvalue weighted by molar-refractivity contribution is 5.71. The van der Waals surface area contributed by atoms with Gasteiger partial charge < -0.3 is 10.1 Å². The van der Waals surface area contributed by atoms with Gasteiger partial charge in [0.25, 0.3) is 0 Å². The lowest BCUT2D eigenvalue weighted by Gasteiger charge is -2.21. The van der Waals surface area contributed by atoms with Gasteiger partial charge in [0.1, 0.15) is 11.4 Å². The van der Waals surface area contributed by atoms with Crippen LogP contribution in [0.15, 0.2) is 24.3 Å². The fourth-order valence-corrected chi connectivity index (χ4v) is 1.51. The van der Waals surface area contributed by atoms with E-state index in [1.807, 2.05) is 27.7 Å². The first-order valence-corrected chi connectivity index (χ1v) is 6.00. The standard InChI is InChI=1S/C14H20FNO2/c1-10(9-13(17)18-14(2,3)4)16-12-7-5-11(15)6-8-12/h5-8,10,16H,9H2,1-4H3/t10-/m0/s1. The maximum atomic E-state index is 12.7. The highest BCUT2D eigenvalue weighted by Crippen LogP contribution is 2.13. The summed E-state index contributed by atoms with van der Waals surface area (Å²) in [5.74, 6) is -0.523. The number of esters is 1. The van der Waals surface area contributed by atoms with Crippen LogP contribution in [0.1, 0.15) is 34.1 Å². The summed E-state index contributed by atoms with van der Waals surface area (Å²) in [5.41, 5.74) is 0.319. The van der Waals surface area contributed by atoms with Gasteiger partial charge in [-0.1, -0.05) is 0 Å². The van der Waals surface area contributed by atoms with E-state index in [4.69, 9.17) is 4.74 Å². The number of hydrogen-bond donors (Lipinski definition) is 1. The average Bonchev–Trinajstić information content (AvgIpc) is 2.18. The fraction of sp³-hybridized carbons (Fsp3) is 0.500. The Hall–Kier alpha value is -1.58. The SMILES string of the molecule is C[C@@H](CC(=O)OC(C)(C)C)Nc1ccc(F)cc1. The molecule has 0 aliphatic carbocycles. The van der Waals surface area contributed by atoms with E-state index in [0.717, 1.165) is 5.69 Å². The summed E-state index contributed by atoms with van der Waals surface area (Å²) in [6.07, 6.45) is 0.272. The Kier molecular flexibility index (Phi) is 4.70. The molecule has 1 aromatic carbocycles. The number of hydrogen-bond acceptors (Lipinski definition) is 3. The molecule has 0 saturated carbocycles. The number of anilines is 1. The van der Waals surface area contributed by atoms with Gasteiger partial charge in [0, 0.05) is 11.7 Å². The van der Waals surface area contributed by atoms with Crippen molar-refractivity contribution in [3.05, 3.63) is 30.1 Å². The van der Waals surface area contributed by atoms with Crippen LogP contribution < -0.4 is 5.32 Å². The van der Waals surface area contributed by atoms with E-state index in [2.05, 4.69) is 5.32 Å². The smallest absolute Gasteiger partial charge is 0.308 e. The van der Waals surface area contributed by atoms with Crippen LogP contribution in [0.25, 0.3) is 0 Å². The lowest BCUT2D eigenvalue weighted by Crippen LogP contribution is -2.28. The summed E-state index contributed by atoms with van der Waals surface area (Å²) in [7, 11) is 0. The topological polar surface area (TPSA) is 38.3 Å². The molecule has 0 radical (unpaired) electrons. The third-order valence-corrected chi connectivity index (χ3v) is 2.15. The van der Waals surface area contributed by atoms with Gasteiger partial charge in [0.05, 0.1) is 6.42 Å². The number of nitrogens with one attached hydrogen (secondary N) is 1. The second-order valence-corrected chi connectivity index (χ2v) is 5.34. The van der Waals surface area contributed by atoms with Crippen LogP contribution in [-0.2, 0) is 9.53 Å². The van der Waals surface area contributed by atoms with Crippen molar-refractivity contribution in [1.29, 1.82) is 0 Å². The minimum atomic E-state index is -0.466. The van der Waals surface area contributed by atoms with Crippen molar-refractivity contribution in [2.24, 2.45) is 0 Å². The molecule has 0 heterocycles. The van der Waals surface area contributed by atoms with Gasteiger partial charge in [0.15, 0.2) is 0 Å². The number of carbonyl (C=O) groups is 1. The van der Waals surface area contributed by atoms with Crippen LogP contribution in [0.5, 0.6) is 0 Å². The van der Waals surface area contributed by atoms with Crippen molar-refractivity contribution in [3.8, 4) is 0 Å². The molecule has 0 bridgehead atoms. The van der Waals surface area contributed by atoms with Gasteiger partial charge in [-0.05, 0) is 52.0 Å². The molecule has 0 aliphatic heterocycles. The van der Waals surface area contributed by atoms with Gasteiger partial charge in [0.2, 0.25) is 0 Å². The van der Waals surface area contributed by atoms with Crippen LogP contribution in [0.3, 0.4) is 0 Å². The van der Waals surface area contributed by atoms with Gasteiger partial charge in [-0.2, -0.15) is 0 Å². The molecule has 4 heteroatoms. The van der Waals surface area contributed by atoms with Crippen LogP contribution in [0, 0.1) is 5.82 Å². The van der Waals surface area contributed by atoms with Crippen LogP contribution >= 0.6 is 0 Å². The first kappa shape index (κ1) is 14.5. The molecule has 18 heavy (non-hydrogen) atoms. The number of halogens is 1. The summed E-state index contributed by atoms with van der Waals surface area (Å²) >= 11 is 0. The van der Waals surface area contributed by atoms with E-state index < -0.39 is 5.60 Å². The van der Waals surface area contributed by atoms with E-state index in [1.165, 1.54) is 12.1 Å². The minimum Gasteiger partial charge on any atom is -0.460 e. The molecule has 0 saturated heterocycles. The van der Waals surface area contributed by atoms with E-state index in [1.54, 1.807) is 12.1 Å². The van der Waals surface area contributed by atoms with Crippen molar-refractivity contribution in [1.82, 2.24) is 0 Å². The van der Waals surface area contributed by atoms with Crippen molar-refractivity contribution in [2.45, 2.75) is 45.8 Å². The van der Waals surface area contributed by atoms with E-state index in [0.29, 0.717) is 0 Å². The van der Waals surface area contributed by atoms with Crippen molar-refractivity contribution < 1.29 is 13.9 Å². The summed E-state index contributed by atoms with van der Waals surface area (Å²) < 4.78 is 17.9. The minimum absolute atomic E-state index is 0.0645. The number of ether oxygens (including phenoxy) is 1. The zero-order chi connectivity index (χ0) is 13.8. The van der Waals surface area contributed by atoms with Crippen LogP contribution in [-0.4, -0.2) is 17.6 Å². The average molecular weight is 253 g/mol. The molecule has 0 amide bonds. The predicted octanol–water partition coefficient (Wildman–Crippen LogP) is 3.36. The van der Waals surface area contributed by atoms with Gasteiger partial charge >= 0.3 is 5.97 Å².